The van der Waals surface area contributed by atoms with Crippen molar-refractivity contribution in [1.82, 2.24) is 15.1 Å². The normalized spacial score (nSPS) is 21.7. The lowest BCUT2D eigenvalue weighted by Gasteiger charge is -2.42. The second kappa shape index (κ2) is 9.17. The lowest BCUT2D eigenvalue weighted by Crippen LogP contribution is -2.54. The van der Waals surface area contributed by atoms with Gasteiger partial charge in [-0.3, -0.25) is 9.69 Å². The van der Waals surface area contributed by atoms with E-state index in [1.807, 2.05) is 6.92 Å². The second-order valence-electron chi connectivity index (χ2n) is 7.24. The van der Waals surface area contributed by atoms with Gasteiger partial charge >= 0.3 is 6.09 Å². The summed E-state index contributed by atoms with van der Waals surface area (Å²) >= 11 is 0. The summed E-state index contributed by atoms with van der Waals surface area (Å²) in [5.41, 5.74) is 0.356. The highest BCUT2D eigenvalue weighted by molar-refractivity contribution is 5.94. The van der Waals surface area contributed by atoms with Gasteiger partial charge in [0.1, 0.15) is 5.82 Å². The Bertz CT molecular complexity index is 662. The Morgan fingerprint density at radius 2 is 2.00 bits per heavy atom. The van der Waals surface area contributed by atoms with E-state index in [9.17, 15) is 14.0 Å². The number of ether oxygens (including phenoxy) is 1. The van der Waals surface area contributed by atoms with Crippen molar-refractivity contribution in [3.05, 3.63) is 35.6 Å². The second-order valence-corrected chi connectivity index (χ2v) is 7.24. The number of piperidine rings is 2. The van der Waals surface area contributed by atoms with Gasteiger partial charge < -0.3 is 15.0 Å². The molecule has 2 fully saturated rings. The van der Waals surface area contributed by atoms with Gasteiger partial charge in [0, 0.05) is 37.3 Å². The molecular formula is C20H28FN3O3. The molecule has 2 saturated heterocycles. The number of nitrogens with zero attached hydrogens (tertiary/aromatic N) is 2. The first-order valence-electron chi connectivity index (χ1n) is 9.79. The number of rotatable bonds is 4. The zero-order valence-corrected chi connectivity index (χ0v) is 15.8. The summed E-state index contributed by atoms with van der Waals surface area (Å²) in [7, 11) is 0. The number of halogens is 1. The van der Waals surface area contributed by atoms with E-state index in [2.05, 4.69) is 10.2 Å². The molecule has 0 aliphatic carbocycles. The van der Waals surface area contributed by atoms with Crippen molar-refractivity contribution in [2.24, 2.45) is 0 Å². The van der Waals surface area contributed by atoms with Crippen LogP contribution in [0.15, 0.2) is 24.3 Å². The van der Waals surface area contributed by atoms with Crippen molar-refractivity contribution in [2.75, 3.05) is 32.8 Å². The molecule has 1 unspecified atom stereocenters. The van der Waals surface area contributed by atoms with Gasteiger partial charge in [-0.25, -0.2) is 9.18 Å². The highest BCUT2D eigenvalue weighted by atomic mass is 19.1. The van der Waals surface area contributed by atoms with Gasteiger partial charge in [-0.1, -0.05) is 6.07 Å². The van der Waals surface area contributed by atoms with E-state index in [0.29, 0.717) is 31.3 Å². The molecule has 0 radical (unpaired) electrons. The monoisotopic (exact) mass is 377 g/mol. The Morgan fingerprint density at radius 3 is 2.70 bits per heavy atom. The fraction of sp³-hybridized carbons (Fsp3) is 0.600. The number of likely N-dealkylation sites (tertiary alicyclic amines) is 2. The van der Waals surface area contributed by atoms with Crippen LogP contribution in [0.1, 0.15) is 43.0 Å². The summed E-state index contributed by atoms with van der Waals surface area (Å²) in [6.45, 7) is 5.44. The van der Waals surface area contributed by atoms with Crippen molar-refractivity contribution >= 4 is 12.0 Å². The summed E-state index contributed by atoms with van der Waals surface area (Å²) in [5, 5.41) is 3.04. The van der Waals surface area contributed by atoms with Crippen molar-refractivity contribution in [2.45, 2.75) is 44.7 Å². The zero-order chi connectivity index (χ0) is 19.2. The molecule has 0 bridgehead atoms. The van der Waals surface area contributed by atoms with Gasteiger partial charge in [0.15, 0.2) is 0 Å². The minimum Gasteiger partial charge on any atom is -0.450 e. The van der Waals surface area contributed by atoms with Crippen molar-refractivity contribution in [1.29, 1.82) is 0 Å². The van der Waals surface area contributed by atoms with E-state index in [1.165, 1.54) is 12.1 Å². The van der Waals surface area contributed by atoms with Gasteiger partial charge in [-0.15, -0.1) is 0 Å². The molecule has 1 aromatic carbocycles. The summed E-state index contributed by atoms with van der Waals surface area (Å²) in [6.07, 6.45) is 3.56. The van der Waals surface area contributed by atoms with Crippen LogP contribution in [0, 0.1) is 5.82 Å². The third-order valence-corrected chi connectivity index (χ3v) is 5.38. The first-order chi connectivity index (χ1) is 13.1. The Morgan fingerprint density at radius 1 is 1.22 bits per heavy atom. The maximum absolute atomic E-state index is 13.3. The molecule has 148 valence electrons. The number of hydrogen-bond donors (Lipinski definition) is 1. The maximum atomic E-state index is 13.3. The molecule has 2 aliphatic heterocycles. The quantitative estimate of drug-likeness (QED) is 0.876. The van der Waals surface area contributed by atoms with E-state index in [0.717, 1.165) is 38.8 Å². The maximum Gasteiger partial charge on any atom is 0.409 e. The minimum atomic E-state index is -0.402. The third-order valence-electron chi connectivity index (χ3n) is 5.38. The molecule has 0 aromatic heterocycles. The van der Waals surface area contributed by atoms with Crippen LogP contribution >= 0.6 is 0 Å². The minimum absolute atomic E-state index is 0.0672. The van der Waals surface area contributed by atoms with Gasteiger partial charge in [0.25, 0.3) is 5.91 Å². The van der Waals surface area contributed by atoms with Gasteiger partial charge in [-0.05, 0) is 57.4 Å². The summed E-state index contributed by atoms with van der Waals surface area (Å²) in [5.74, 6) is -0.625. The topological polar surface area (TPSA) is 61.9 Å². The van der Waals surface area contributed by atoms with Crippen LogP contribution in [-0.4, -0.2) is 66.7 Å². The van der Waals surface area contributed by atoms with Gasteiger partial charge in [0.2, 0.25) is 0 Å². The van der Waals surface area contributed by atoms with E-state index in [4.69, 9.17) is 4.74 Å². The molecule has 7 heteroatoms. The fourth-order valence-corrected chi connectivity index (χ4v) is 3.98. The predicted octanol–water partition coefficient (Wildman–Crippen LogP) is 2.64. The zero-order valence-electron chi connectivity index (χ0n) is 15.8. The number of amides is 2. The molecule has 27 heavy (non-hydrogen) atoms. The molecular weight excluding hydrogens is 349 g/mol. The molecule has 1 aromatic rings. The molecule has 2 aliphatic rings. The molecule has 6 nitrogen and oxygen atoms in total. The largest absolute Gasteiger partial charge is 0.450 e. The summed E-state index contributed by atoms with van der Waals surface area (Å²) in [4.78, 5) is 28.4. The Hall–Kier alpha value is -2.15. The van der Waals surface area contributed by atoms with Gasteiger partial charge in [0.05, 0.1) is 6.61 Å². The number of carbonyl (C=O) groups excluding carboxylic acids is 2. The number of nitrogens with one attached hydrogen (secondary N) is 1. The van der Waals surface area contributed by atoms with E-state index in [-0.39, 0.29) is 18.0 Å². The molecule has 3 rings (SSSR count). The molecule has 2 heterocycles. The van der Waals surface area contributed by atoms with Crippen molar-refractivity contribution in [3.8, 4) is 0 Å². The summed E-state index contributed by atoms with van der Waals surface area (Å²) < 4.78 is 18.4. The Labute approximate surface area is 159 Å². The average Bonchev–Trinajstić information content (AvgIpc) is 2.68. The first kappa shape index (κ1) is 19.6. The Balaban J connectivity index is 1.50. The van der Waals surface area contributed by atoms with Crippen LogP contribution in [-0.2, 0) is 4.74 Å². The van der Waals surface area contributed by atoms with E-state index >= 15 is 0 Å². The van der Waals surface area contributed by atoms with Crippen LogP contribution in [0.2, 0.25) is 0 Å². The third kappa shape index (κ3) is 5.19. The first-order valence-corrected chi connectivity index (χ1v) is 9.79. The van der Waals surface area contributed by atoms with Crippen LogP contribution in [0.5, 0.6) is 0 Å². The van der Waals surface area contributed by atoms with Crippen LogP contribution < -0.4 is 5.32 Å². The standard InChI is InChI=1S/C20H28FN3O3/c1-2-27-20(26)23-11-8-18(9-12-23)24-10-4-7-17(14-24)22-19(25)15-5-3-6-16(21)13-15/h3,5-6,13,17-18H,2,4,7-12,14H2,1H3,(H,22,25). The highest BCUT2D eigenvalue weighted by Gasteiger charge is 2.31. The molecule has 0 spiro atoms. The number of carbonyl (C=O) groups is 2. The molecule has 0 saturated carbocycles. The fourth-order valence-electron chi connectivity index (χ4n) is 3.98. The van der Waals surface area contributed by atoms with Gasteiger partial charge in [-0.2, -0.15) is 0 Å². The lowest BCUT2D eigenvalue weighted by molar-refractivity contribution is 0.0601. The van der Waals surface area contributed by atoms with Crippen LogP contribution in [0.4, 0.5) is 9.18 Å². The van der Waals surface area contributed by atoms with E-state index < -0.39 is 5.82 Å². The highest BCUT2D eigenvalue weighted by Crippen LogP contribution is 2.22. The van der Waals surface area contributed by atoms with Crippen molar-refractivity contribution < 1.29 is 18.7 Å². The molecule has 2 amide bonds. The SMILES string of the molecule is CCOC(=O)N1CCC(N2CCCC(NC(=O)c3cccc(F)c3)C2)CC1. The average molecular weight is 377 g/mol. The Kier molecular flexibility index (Phi) is 6.66. The number of benzene rings is 1. The van der Waals surface area contributed by atoms with Crippen LogP contribution in [0.25, 0.3) is 0 Å². The van der Waals surface area contributed by atoms with Crippen molar-refractivity contribution in [3.63, 3.8) is 0 Å². The molecule has 1 N–H and O–H groups in total. The lowest BCUT2D eigenvalue weighted by atomic mass is 9.98. The van der Waals surface area contributed by atoms with E-state index in [1.54, 1.807) is 17.0 Å². The van der Waals surface area contributed by atoms with Crippen LogP contribution in [0.3, 0.4) is 0 Å². The molecule has 1 atom stereocenters. The smallest absolute Gasteiger partial charge is 0.409 e. The predicted molar refractivity (Wildman–Crippen MR) is 100 cm³/mol. The number of hydrogen-bond acceptors (Lipinski definition) is 4. The summed E-state index contributed by atoms with van der Waals surface area (Å²) in [6, 6.07) is 6.27.